The van der Waals surface area contributed by atoms with E-state index in [-0.39, 0.29) is 0 Å². The highest BCUT2D eigenvalue weighted by Gasteiger charge is 2.33. The molecule has 6 rings (SSSR count). The molecule has 1 aliphatic rings. The van der Waals surface area contributed by atoms with Gasteiger partial charge in [-0.15, -0.1) is 0 Å². The summed E-state index contributed by atoms with van der Waals surface area (Å²) in [5.41, 5.74) is 14.1. The summed E-state index contributed by atoms with van der Waals surface area (Å²) in [6.45, 7) is 12.1. The van der Waals surface area contributed by atoms with Crippen molar-refractivity contribution >= 4 is 24.0 Å². The highest BCUT2D eigenvalue weighted by Crippen LogP contribution is 2.54. The maximum absolute atomic E-state index is 2.58. The van der Waals surface area contributed by atoms with Crippen LogP contribution in [0.2, 0.25) is 19.6 Å². The van der Waals surface area contributed by atoms with E-state index >= 15 is 0 Å². The van der Waals surface area contributed by atoms with Gasteiger partial charge >= 0.3 is 0 Å². The molecular formula is C39H42Si. The molecule has 0 unspecified atom stereocenters. The second kappa shape index (κ2) is 10.9. The molecule has 202 valence electrons. The molecule has 0 N–H and O–H groups in total. The Bertz CT molecular complexity index is 1660. The first-order valence-corrected chi connectivity index (χ1v) is 18.8. The van der Waals surface area contributed by atoms with Crippen molar-refractivity contribution in [2.75, 3.05) is 0 Å². The summed E-state index contributed by atoms with van der Waals surface area (Å²) in [4.78, 5) is 0. The highest BCUT2D eigenvalue weighted by atomic mass is 28.3. The number of fused-ring (bicyclic) bond motifs is 3. The van der Waals surface area contributed by atoms with Gasteiger partial charge < -0.3 is 0 Å². The van der Waals surface area contributed by atoms with Gasteiger partial charge in [0.2, 0.25) is 0 Å². The van der Waals surface area contributed by atoms with Crippen LogP contribution < -0.4 is 5.19 Å². The van der Waals surface area contributed by atoms with Crippen LogP contribution in [0.15, 0.2) is 91.0 Å². The average Bonchev–Trinajstić information content (AvgIpc) is 3.30. The molecule has 1 heteroatoms. The number of hydrogen-bond acceptors (Lipinski definition) is 0. The summed E-state index contributed by atoms with van der Waals surface area (Å²) in [7, 11) is -1.72. The lowest BCUT2D eigenvalue weighted by Gasteiger charge is -2.27. The van der Waals surface area contributed by atoms with Crippen LogP contribution in [0.4, 0.5) is 0 Å². The van der Waals surface area contributed by atoms with Crippen molar-refractivity contribution in [3.05, 3.63) is 102 Å². The number of rotatable bonds is 9. The zero-order chi connectivity index (χ0) is 27.9. The number of aryl methyl sites for hydroxylation is 2. The van der Waals surface area contributed by atoms with Crippen LogP contribution in [0.3, 0.4) is 0 Å². The van der Waals surface area contributed by atoms with Crippen LogP contribution in [0.5, 0.6) is 0 Å². The van der Waals surface area contributed by atoms with E-state index in [1.54, 1.807) is 5.19 Å². The van der Waals surface area contributed by atoms with Crippen molar-refractivity contribution in [2.24, 2.45) is 0 Å². The van der Waals surface area contributed by atoms with Crippen LogP contribution in [0.1, 0.15) is 50.7 Å². The number of benzene rings is 5. The molecule has 0 amide bonds. The molecular weight excluding hydrogens is 497 g/mol. The molecule has 5 aromatic rings. The highest BCUT2D eigenvalue weighted by molar-refractivity contribution is 6.90. The molecule has 0 heterocycles. The normalized spacial score (nSPS) is 12.2. The smallest absolute Gasteiger partial charge is 0.0656 e. The largest absolute Gasteiger partial charge is 0.0784 e. The van der Waals surface area contributed by atoms with Gasteiger partial charge in [-0.25, -0.2) is 0 Å². The van der Waals surface area contributed by atoms with Gasteiger partial charge in [0.15, 0.2) is 0 Å². The second-order valence-corrected chi connectivity index (χ2v) is 17.7. The van der Waals surface area contributed by atoms with E-state index in [1.165, 1.54) is 92.1 Å². The van der Waals surface area contributed by atoms with Crippen LogP contribution in [0, 0.1) is 0 Å². The van der Waals surface area contributed by atoms with Crippen molar-refractivity contribution in [3.8, 4) is 44.5 Å². The Morgan fingerprint density at radius 2 is 1.05 bits per heavy atom. The van der Waals surface area contributed by atoms with Gasteiger partial charge in [0, 0.05) is 0 Å². The quantitative estimate of drug-likeness (QED) is 0.161. The molecule has 0 fully saturated rings. The Labute approximate surface area is 242 Å². The summed E-state index contributed by atoms with van der Waals surface area (Å²) < 4.78 is 0. The van der Waals surface area contributed by atoms with Crippen LogP contribution in [-0.2, 0) is 12.8 Å². The predicted molar refractivity (Wildman–Crippen MR) is 179 cm³/mol. The lowest BCUT2D eigenvalue weighted by atomic mass is 9.87. The molecule has 0 saturated heterocycles. The lowest BCUT2D eigenvalue weighted by Crippen LogP contribution is -2.39. The first kappa shape index (κ1) is 26.8. The molecule has 0 atom stereocenters. The fraction of sp³-hybridized carbons (Fsp3) is 0.282. The fourth-order valence-corrected chi connectivity index (χ4v) is 8.16. The molecule has 0 spiro atoms. The SMILES string of the molecule is CCCCc1ccc(-c2cc([Si](C)(C)C)c(-c3ccc(CCCC)cc3)c3c2-c2cccc4cccc-3c24)cc1. The third-order valence-corrected chi connectivity index (χ3v) is 10.7. The maximum atomic E-state index is 2.58. The van der Waals surface area contributed by atoms with E-state index < -0.39 is 8.07 Å². The van der Waals surface area contributed by atoms with E-state index in [0.29, 0.717) is 0 Å². The summed E-state index contributed by atoms with van der Waals surface area (Å²) in [6, 6.07) is 35.3. The van der Waals surface area contributed by atoms with E-state index in [2.05, 4.69) is 124 Å². The van der Waals surface area contributed by atoms with Crippen LogP contribution in [0.25, 0.3) is 55.3 Å². The van der Waals surface area contributed by atoms with Gasteiger partial charge in [-0.1, -0.05) is 143 Å². The number of unbranched alkanes of at least 4 members (excludes halogenated alkanes) is 2. The molecule has 1 aliphatic carbocycles. The molecule has 0 nitrogen and oxygen atoms in total. The topological polar surface area (TPSA) is 0 Å². The second-order valence-electron chi connectivity index (χ2n) is 12.7. The zero-order valence-corrected chi connectivity index (χ0v) is 25.9. The van der Waals surface area contributed by atoms with Gasteiger partial charge in [-0.3, -0.25) is 0 Å². The van der Waals surface area contributed by atoms with Gasteiger partial charge in [0.05, 0.1) is 8.07 Å². The molecule has 0 aromatic heterocycles. The first-order chi connectivity index (χ1) is 19.4. The zero-order valence-electron chi connectivity index (χ0n) is 24.9. The summed E-state index contributed by atoms with van der Waals surface area (Å²) in [6.07, 6.45) is 7.28. The lowest BCUT2D eigenvalue weighted by molar-refractivity contribution is 0.795. The van der Waals surface area contributed by atoms with Crippen LogP contribution in [-0.4, -0.2) is 8.07 Å². The minimum absolute atomic E-state index is 1.16. The number of hydrogen-bond donors (Lipinski definition) is 0. The predicted octanol–water partition coefficient (Wildman–Crippen LogP) is 11.1. The monoisotopic (exact) mass is 538 g/mol. The van der Waals surface area contributed by atoms with Gasteiger partial charge in [-0.2, -0.15) is 0 Å². The van der Waals surface area contributed by atoms with E-state index in [1.807, 2.05) is 0 Å². The Morgan fingerprint density at radius 3 is 1.57 bits per heavy atom. The average molecular weight is 539 g/mol. The summed E-state index contributed by atoms with van der Waals surface area (Å²) in [5.74, 6) is 0. The third-order valence-electron chi connectivity index (χ3n) is 8.72. The minimum Gasteiger partial charge on any atom is -0.0656 e. The van der Waals surface area contributed by atoms with Crippen LogP contribution >= 0.6 is 0 Å². The molecule has 0 aliphatic heterocycles. The Morgan fingerprint density at radius 1 is 0.525 bits per heavy atom. The minimum atomic E-state index is -1.72. The molecule has 0 radical (unpaired) electrons. The summed E-state index contributed by atoms with van der Waals surface area (Å²) in [5, 5.41) is 4.30. The van der Waals surface area contributed by atoms with Crippen molar-refractivity contribution in [2.45, 2.75) is 72.0 Å². The standard InChI is InChI=1S/C39H42Si/c1-6-8-12-27-18-22-29(23-19-27)34-26-35(40(3,4)5)37(31-24-20-28(21-25-31)13-9-7-2)39-33-17-11-15-30-14-10-16-32(36(30)33)38(34)39/h10-11,14-26H,6-9,12-13H2,1-5H3. The van der Waals surface area contributed by atoms with E-state index in [4.69, 9.17) is 0 Å². The Balaban J connectivity index is 1.64. The first-order valence-electron chi connectivity index (χ1n) is 15.3. The maximum Gasteiger partial charge on any atom is 0.0784 e. The molecule has 0 bridgehead atoms. The van der Waals surface area contributed by atoms with Crippen molar-refractivity contribution in [1.82, 2.24) is 0 Å². The fourth-order valence-electron chi connectivity index (χ4n) is 6.56. The van der Waals surface area contributed by atoms with E-state index in [0.717, 1.165) is 12.8 Å². The van der Waals surface area contributed by atoms with E-state index in [9.17, 15) is 0 Å². The molecule has 0 saturated carbocycles. The van der Waals surface area contributed by atoms with Crippen molar-refractivity contribution in [1.29, 1.82) is 0 Å². The van der Waals surface area contributed by atoms with Gasteiger partial charge in [0.1, 0.15) is 0 Å². The summed E-state index contributed by atoms with van der Waals surface area (Å²) >= 11 is 0. The molecule has 5 aromatic carbocycles. The Kier molecular flexibility index (Phi) is 7.27. The van der Waals surface area contributed by atoms with Crippen molar-refractivity contribution in [3.63, 3.8) is 0 Å². The van der Waals surface area contributed by atoms with Gasteiger partial charge in [-0.05, 0) is 92.1 Å². The molecule has 40 heavy (non-hydrogen) atoms. The third kappa shape index (κ3) is 4.75. The van der Waals surface area contributed by atoms with Gasteiger partial charge in [0.25, 0.3) is 0 Å². The Hall–Kier alpha value is -3.42. The van der Waals surface area contributed by atoms with Crippen molar-refractivity contribution < 1.29 is 0 Å².